The Balaban J connectivity index is 3.16. The summed E-state index contributed by atoms with van der Waals surface area (Å²) in [6.07, 6.45) is 1.05. The average molecular weight is 472 g/mol. The maximum Gasteiger partial charge on any atom is 0.341 e. The van der Waals surface area contributed by atoms with Crippen LogP contribution >= 0.6 is 53.7 Å². The van der Waals surface area contributed by atoms with E-state index in [0.717, 1.165) is 0 Å². The fraction of sp³-hybridized carbons (Fsp3) is 0.286. The minimum Gasteiger partial charge on any atom is -0.324 e. The lowest BCUT2D eigenvalue weighted by Gasteiger charge is -2.19. The first-order valence-corrected chi connectivity index (χ1v) is 9.65. The molecular weight excluding hydrogens is 463 g/mol. The van der Waals surface area contributed by atoms with Crippen LogP contribution in [0.3, 0.4) is 0 Å². The summed E-state index contributed by atoms with van der Waals surface area (Å²) in [5, 5.41) is -2.05. The Kier molecular flexibility index (Phi) is 5.54. The summed E-state index contributed by atoms with van der Waals surface area (Å²) < 4.78 is 23.3. The lowest BCUT2D eigenvalue weighted by molar-refractivity contribution is 0.338. The number of rotatable bonds is 4. The van der Waals surface area contributed by atoms with Crippen molar-refractivity contribution in [1.82, 2.24) is 4.98 Å². The molecule has 1 aromatic rings. The summed E-state index contributed by atoms with van der Waals surface area (Å²) in [4.78, 5) is 40.0. The maximum atomic E-state index is 11.1. The van der Waals surface area contributed by atoms with Gasteiger partial charge in [-0.25, -0.2) is 4.98 Å². The molecule has 0 saturated carbocycles. The Bertz CT molecular complexity index is 521. The average Bonchev–Trinajstić information content (AvgIpc) is 2.15. The molecule has 4 N–H and O–H groups in total. The van der Waals surface area contributed by atoms with Gasteiger partial charge in [0.15, 0.2) is 5.40 Å². The number of hydrogen-bond donors (Lipinski definition) is 4. The first-order valence-electron chi connectivity index (χ1n) is 4.42. The quantitative estimate of drug-likeness (QED) is 0.299. The Morgan fingerprint density at radius 3 is 2.22 bits per heavy atom. The van der Waals surface area contributed by atoms with Gasteiger partial charge in [0.2, 0.25) is 0 Å². The van der Waals surface area contributed by atoms with Gasteiger partial charge in [-0.3, -0.25) is 9.13 Å². The summed E-state index contributed by atoms with van der Waals surface area (Å²) in [6.45, 7) is 0. The van der Waals surface area contributed by atoms with Gasteiger partial charge < -0.3 is 19.6 Å². The standard InChI is InChI=1S/C7H9BrINO6P2/c8-7-4(1-5(9)3-10-7)2-6(17(11,12)13)18(14,15)16/h1,3,6H,2H2,(H2,11,12,13)(H2,14,15,16). The summed E-state index contributed by atoms with van der Waals surface area (Å²) in [7, 11) is -9.82. The summed E-state index contributed by atoms with van der Waals surface area (Å²) in [5.74, 6) is 0. The van der Waals surface area contributed by atoms with Crippen LogP contribution in [0, 0.1) is 3.57 Å². The van der Waals surface area contributed by atoms with E-state index in [0.29, 0.717) is 13.7 Å². The van der Waals surface area contributed by atoms with Crippen molar-refractivity contribution < 1.29 is 28.7 Å². The Morgan fingerprint density at radius 2 is 1.78 bits per heavy atom. The largest absolute Gasteiger partial charge is 0.341 e. The van der Waals surface area contributed by atoms with Crippen LogP contribution in [0.2, 0.25) is 0 Å². The van der Waals surface area contributed by atoms with Gasteiger partial charge in [0.05, 0.1) is 0 Å². The molecule has 0 radical (unpaired) electrons. The highest BCUT2D eigenvalue weighted by Gasteiger charge is 2.43. The second-order valence-electron chi connectivity index (χ2n) is 3.47. The highest BCUT2D eigenvalue weighted by atomic mass is 127. The van der Waals surface area contributed by atoms with Gasteiger partial charge in [-0.2, -0.15) is 0 Å². The molecule has 0 unspecified atom stereocenters. The van der Waals surface area contributed by atoms with Gasteiger partial charge in [-0.1, -0.05) is 0 Å². The number of nitrogens with zero attached hydrogens (tertiary/aromatic N) is 1. The monoisotopic (exact) mass is 471 g/mol. The predicted octanol–water partition coefficient (Wildman–Crippen LogP) is 1.67. The van der Waals surface area contributed by atoms with Gasteiger partial charge in [0.25, 0.3) is 0 Å². The third kappa shape index (κ3) is 4.64. The minimum absolute atomic E-state index is 0.301. The molecule has 0 atom stereocenters. The van der Waals surface area contributed by atoms with Gasteiger partial charge in [-0.05, 0) is 50.2 Å². The molecule has 1 rings (SSSR count). The number of pyridine rings is 1. The third-order valence-electron chi connectivity index (χ3n) is 2.06. The Labute approximate surface area is 125 Å². The van der Waals surface area contributed by atoms with Crippen molar-refractivity contribution in [3.8, 4) is 0 Å². The predicted molar refractivity (Wildman–Crippen MR) is 76.2 cm³/mol. The molecule has 7 nitrogen and oxygen atoms in total. The molecule has 1 heterocycles. The summed E-state index contributed by atoms with van der Waals surface area (Å²) in [6, 6.07) is 1.55. The van der Waals surface area contributed by atoms with Crippen molar-refractivity contribution in [3.63, 3.8) is 0 Å². The van der Waals surface area contributed by atoms with E-state index in [9.17, 15) is 9.13 Å². The van der Waals surface area contributed by atoms with Crippen LogP contribution in [0.4, 0.5) is 0 Å². The highest BCUT2D eigenvalue weighted by Crippen LogP contribution is 2.61. The van der Waals surface area contributed by atoms with E-state index in [1.807, 2.05) is 22.6 Å². The fourth-order valence-corrected chi connectivity index (χ4v) is 4.57. The summed E-state index contributed by atoms with van der Waals surface area (Å²) >= 11 is 5.01. The van der Waals surface area contributed by atoms with E-state index in [4.69, 9.17) is 19.6 Å². The van der Waals surface area contributed by atoms with E-state index in [2.05, 4.69) is 20.9 Å². The molecule has 11 heteroatoms. The zero-order chi connectivity index (χ0) is 14.1. The second kappa shape index (κ2) is 5.97. The van der Waals surface area contributed by atoms with Crippen LogP contribution in [0.25, 0.3) is 0 Å². The highest BCUT2D eigenvalue weighted by molar-refractivity contribution is 14.1. The van der Waals surface area contributed by atoms with E-state index < -0.39 is 27.0 Å². The zero-order valence-electron chi connectivity index (χ0n) is 8.64. The molecular formula is C7H9BrINO6P2. The number of halogens is 2. The summed E-state index contributed by atoms with van der Waals surface area (Å²) in [5.41, 5.74) is 0.332. The lowest BCUT2D eigenvalue weighted by Crippen LogP contribution is -2.13. The van der Waals surface area contributed by atoms with Crippen LogP contribution in [0.15, 0.2) is 16.9 Å². The normalized spacial score (nSPS) is 13.1. The fourth-order valence-electron chi connectivity index (χ4n) is 1.24. The zero-order valence-corrected chi connectivity index (χ0v) is 14.2. The van der Waals surface area contributed by atoms with Crippen molar-refractivity contribution in [2.75, 3.05) is 0 Å². The lowest BCUT2D eigenvalue weighted by atomic mass is 10.2. The van der Waals surface area contributed by atoms with Gasteiger partial charge in [0.1, 0.15) is 4.60 Å². The van der Waals surface area contributed by atoms with Gasteiger partial charge in [0, 0.05) is 16.2 Å². The van der Waals surface area contributed by atoms with Crippen LogP contribution in [-0.4, -0.2) is 30.0 Å². The molecule has 102 valence electrons. The van der Waals surface area contributed by atoms with Crippen molar-refractivity contribution in [3.05, 3.63) is 26.0 Å². The smallest absolute Gasteiger partial charge is 0.324 e. The Morgan fingerprint density at radius 1 is 1.28 bits per heavy atom. The van der Waals surface area contributed by atoms with E-state index >= 15 is 0 Å². The molecule has 0 aliphatic heterocycles. The van der Waals surface area contributed by atoms with E-state index in [1.165, 1.54) is 6.20 Å². The molecule has 0 spiro atoms. The number of aromatic nitrogens is 1. The van der Waals surface area contributed by atoms with Gasteiger partial charge in [-0.15, -0.1) is 0 Å². The number of hydrogen-bond acceptors (Lipinski definition) is 3. The van der Waals surface area contributed by atoms with Crippen molar-refractivity contribution >= 4 is 53.7 Å². The van der Waals surface area contributed by atoms with Crippen LogP contribution in [0.1, 0.15) is 5.56 Å². The molecule has 0 bridgehead atoms. The van der Waals surface area contributed by atoms with Crippen molar-refractivity contribution in [1.29, 1.82) is 0 Å². The van der Waals surface area contributed by atoms with Crippen LogP contribution in [-0.2, 0) is 15.6 Å². The third-order valence-corrected chi connectivity index (χ3v) is 7.08. The molecule has 0 aliphatic rings. The van der Waals surface area contributed by atoms with Crippen LogP contribution in [0.5, 0.6) is 0 Å². The van der Waals surface area contributed by atoms with Gasteiger partial charge >= 0.3 is 15.2 Å². The molecule has 0 fully saturated rings. The molecule has 0 aliphatic carbocycles. The second-order valence-corrected chi connectivity index (χ2v) is 9.47. The molecule has 0 saturated heterocycles. The molecule has 0 aromatic carbocycles. The Hall–Kier alpha value is 0.660. The molecule has 0 amide bonds. The minimum atomic E-state index is -4.91. The van der Waals surface area contributed by atoms with Crippen LogP contribution < -0.4 is 0 Å². The topological polar surface area (TPSA) is 128 Å². The van der Waals surface area contributed by atoms with Crippen molar-refractivity contribution in [2.24, 2.45) is 0 Å². The first kappa shape index (κ1) is 16.7. The molecule has 1 aromatic heterocycles. The SMILES string of the molecule is O=P(O)(O)C(Cc1cc(I)cnc1Br)P(=O)(O)O. The van der Waals surface area contributed by atoms with Crippen molar-refractivity contribution in [2.45, 2.75) is 11.8 Å². The van der Waals surface area contributed by atoms with E-state index in [-0.39, 0.29) is 0 Å². The van der Waals surface area contributed by atoms with E-state index in [1.54, 1.807) is 6.07 Å². The molecule has 18 heavy (non-hydrogen) atoms. The maximum absolute atomic E-state index is 11.1. The first-order chi connectivity index (χ1) is 8.01.